The summed E-state index contributed by atoms with van der Waals surface area (Å²) in [7, 11) is 0. The van der Waals surface area contributed by atoms with Crippen molar-refractivity contribution in [3.8, 4) is 0 Å². The molecule has 1 aromatic rings. The zero-order valence-corrected chi connectivity index (χ0v) is 8.88. The van der Waals surface area contributed by atoms with Crippen molar-refractivity contribution >= 4 is 17.2 Å². The van der Waals surface area contributed by atoms with Crippen molar-refractivity contribution in [3.05, 3.63) is 46.7 Å². The van der Waals surface area contributed by atoms with E-state index in [-0.39, 0.29) is 5.91 Å². The standard InChI is InChI=1S/C11H13NOS/c1-2-3-4-7-11(13)12-9-10-6-5-8-14-10/h2-8H,9H2,1H3,(H,12,13). The van der Waals surface area contributed by atoms with Crippen LogP contribution in [0.4, 0.5) is 0 Å². The van der Waals surface area contributed by atoms with Gasteiger partial charge in [0.25, 0.3) is 0 Å². The van der Waals surface area contributed by atoms with Gasteiger partial charge in [-0.2, -0.15) is 0 Å². The van der Waals surface area contributed by atoms with Crippen molar-refractivity contribution < 1.29 is 4.79 Å². The maximum Gasteiger partial charge on any atom is 0.244 e. The topological polar surface area (TPSA) is 29.1 Å². The fraction of sp³-hybridized carbons (Fsp3) is 0.182. The Balaban J connectivity index is 2.28. The summed E-state index contributed by atoms with van der Waals surface area (Å²) in [5.41, 5.74) is 0. The van der Waals surface area contributed by atoms with Crippen LogP contribution in [0.1, 0.15) is 11.8 Å². The van der Waals surface area contributed by atoms with Crippen LogP contribution in [-0.2, 0) is 11.3 Å². The molecule has 1 aromatic heterocycles. The average Bonchev–Trinajstić information content (AvgIpc) is 2.68. The minimum atomic E-state index is -0.0588. The van der Waals surface area contributed by atoms with Gasteiger partial charge in [-0.15, -0.1) is 11.3 Å². The quantitative estimate of drug-likeness (QED) is 0.596. The van der Waals surface area contributed by atoms with Crippen LogP contribution < -0.4 is 5.32 Å². The molecule has 1 heterocycles. The number of allylic oxidation sites excluding steroid dienone is 3. The lowest BCUT2D eigenvalue weighted by molar-refractivity contribution is -0.116. The molecule has 3 heteroatoms. The van der Waals surface area contributed by atoms with E-state index in [0.29, 0.717) is 6.54 Å². The first-order valence-corrected chi connectivity index (χ1v) is 5.30. The molecule has 0 bridgehead atoms. The molecule has 0 fully saturated rings. The van der Waals surface area contributed by atoms with Crippen LogP contribution in [0.5, 0.6) is 0 Å². The summed E-state index contributed by atoms with van der Waals surface area (Å²) >= 11 is 1.64. The second kappa shape index (κ2) is 6.16. The smallest absolute Gasteiger partial charge is 0.244 e. The molecule has 0 unspecified atom stereocenters. The third-order valence-electron chi connectivity index (χ3n) is 1.57. The maximum absolute atomic E-state index is 11.2. The first-order valence-electron chi connectivity index (χ1n) is 4.42. The van der Waals surface area contributed by atoms with E-state index in [2.05, 4.69) is 5.32 Å². The third-order valence-corrected chi connectivity index (χ3v) is 2.44. The Bertz CT molecular complexity index is 325. The van der Waals surface area contributed by atoms with Gasteiger partial charge in [-0.3, -0.25) is 4.79 Å². The number of hydrogen-bond donors (Lipinski definition) is 1. The maximum atomic E-state index is 11.2. The van der Waals surface area contributed by atoms with Crippen LogP contribution in [0.3, 0.4) is 0 Å². The normalized spacial score (nSPS) is 11.2. The molecule has 0 aliphatic carbocycles. The van der Waals surface area contributed by atoms with Crippen molar-refractivity contribution in [1.29, 1.82) is 0 Å². The highest BCUT2D eigenvalue weighted by Gasteiger charge is 1.95. The molecule has 1 rings (SSSR count). The highest BCUT2D eigenvalue weighted by molar-refractivity contribution is 7.09. The van der Waals surface area contributed by atoms with Gasteiger partial charge in [-0.25, -0.2) is 0 Å². The lowest BCUT2D eigenvalue weighted by Crippen LogP contribution is -2.19. The van der Waals surface area contributed by atoms with Crippen LogP contribution in [0, 0.1) is 0 Å². The number of rotatable bonds is 4. The van der Waals surface area contributed by atoms with Gasteiger partial charge >= 0.3 is 0 Å². The summed E-state index contributed by atoms with van der Waals surface area (Å²) in [6.45, 7) is 2.52. The molecule has 14 heavy (non-hydrogen) atoms. The van der Waals surface area contributed by atoms with Crippen LogP contribution in [0.2, 0.25) is 0 Å². The largest absolute Gasteiger partial charge is 0.348 e. The Kier molecular flexibility index (Phi) is 4.72. The number of carbonyl (C=O) groups excluding carboxylic acids is 1. The van der Waals surface area contributed by atoms with Gasteiger partial charge in [-0.1, -0.05) is 24.3 Å². The molecule has 0 aliphatic heterocycles. The summed E-state index contributed by atoms with van der Waals surface area (Å²) in [6.07, 6.45) is 6.95. The van der Waals surface area contributed by atoms with E-state index < -0.39 is 0 Å². The summed E-state index contributed by atoms with van der Waals surface area (Å²) < 4.78 is 0. The minimum absolute atomic E-state index is 0.0588. The number of carbonyl (C=O) groups is 1. The second-order valence-electron chi connectivity index (χ2n) is 2.68. The Hall–Kier alpha value is -1.35. The number of thiophene rings is 1. The highest BCUT2D eigenvalue weighted by atomic mass is 32.1. The SMILES string of the molecule is CC=CC=CC(=O)NCc1cccs1. The van der Waals surface area contributed by atoms with E-state index in [0.717, 1.165) is 4.88 Å². The van der Waals surface area contributed by atoms with Gasteiger partial charge in [0.1, 0.15) is 0 Å². The fourth-order valence-electron chi connectivity index (χ4n) is 0.900. The van der Waals surface area contributed by atoms with Gasteiger partial charge in [0.2, 0.25) is 5.91 Å². The van der Waals surface area contributed by atoms with Crippen molar-refractivity contribution in [2.24, 2.45) is 0 Å². The van der Waals surface area contributed by atoms with Crippen LogP contribution >= 0.6 is 11.3 Å². The molecule has 0 atom stereocenters. The van der Waals surface area contributed by atoms with Gasteiger partial charge < -0.3 is 5.32 Å². The Morgan fingerprint density at radius 3 is 3.07 bits per heavy atom. The first kappa shape index (κ1) is 10.7. The molecule has 0 saturated heterocycles. The Labute approximate surface area is 88.0 Å². The molecule has 0 spiro atoms. The predicted octanol–water partition coefficient (Wildman–Crippen LogP) is 2.50. The minimum Gasteiger partial charge on any atom is -0.348 e. The molecular weight excluding hydrogens is 194 g/mol. The predicted molar refractivity (Wildman–Crippen MR) is 60.1 cm³/mol. The van der Waals surface area contributed by atoms with Gasteiger partial charge in [-0.05, 0) is 18.4 Å². The lowest BCUT2D eigenvalue weighted by Gasteiger charge is -1.97. The van der Waals surface area contributed by atoms with E-state index in [1.807, 2.05) is 36.6 Å². The van der Waals surface area contributed by atoms with E-state index in [1.54, 1.807) is 17.4 Å². The lowest BCUT2D eigenvalue weighted by atomic mass is 10.4. The first-order chi connectivity index (χ1) is 6.83. The molecule has 0 aliphatic rings. The summed E-state index contributed by atoms with van der Waals surface area (Å²) in [5.74, 6) is -0.0588. The van der Waals surface area contributed by atoms with E-state index >= 15 is 0 Å². The fourth-order valence-corrected chi connectivity index (χ4v) is 1.54. The zero-order valence-electron chi connectivity index (χ0n) is 8.07. The summed E-state index contributed by atoms with van der Waals surface area (Å²) in [6, 6.07) is 3.97. The van der Waals surface area contributed by atoms with Crippen molar-refractivity contribution in [2.45, 2.75) is 13.5 Å². The summed E-state index contributed by atoms with van der Waals surface area (Å²) in [4.78, 5) is 12.4. The molecule has 0 saturated carbocycles. The number of amides is 1. The third kappa shape index (κ3) is 4.05. The molecular formula is C11H13NOS. The second-order valence-corrected chi connectivity index (χ2v) is 3.71. The molecule has 1 amide bonds. The van der Waals surface area contributed by atoms with Crippen LogP contribution in [0.25, 0.3) is 0 Å². The summed E-state index contributed by atoms with van der Waals surface area (Å²) in [5, 5.41) is 4.79. The van der Waals surface area contributed by atoms with E-state index in [1.165, 1.54) is 6.08 Å². The monoisotopic (exact) mass is 207 g/mol. The Morgan fingerprint density at radius 2 is 2.43 bits per heavy atom. The Morgan fingerprint density at radius 1 is 1.57 bits per heavy atom. The average molecular weight is 207 g/mol. The van der Waals surface area contributed by atoms with E-state index in [4.69, 9.17) is 0 Å². The van der Waals surface area contributed by atoms with Crippen molar-refractivity contribution in [2.75, 3.05) is 0 Å². The van der Waals surface area contributed by atoms with Gasteiger partial charge in [0.05, 0.1) is 6.54 Å². The molecule has 2 nitrogen and oxygen atoms in total. The van der Waals surface area contributed by atoms with E-state index in [9.17, 15) is 4.79 Å². The van der Waals surface area contributed by atoms with Gasteiger partial charge in [0, 0.05) is 11.0 Å². The van der Waals surface area contributed by atoms with Crippen molar-refractivity contribution in [1.82, 2.24) is 5.32 Å². The van der Waals surface area contributed by atoms with Gasteiger partial charge in [0.15, 0.2) is 0 Å². The number of nitrogens with one attached hydrogen (secondary N) is 1. The molecule has 0 radical (unpaired) electrons. The molecule has 1 N–H and O–H groups in total. The highest BCUT2D eigenvalue weighted by Crippen LogP contribution is 2.06. The zero-order chi connectivity index (χ0) is 10.2. The van der Waals surface area contributed by atoms with Crippen LogP contribution in [-0.4, -0.2) is 5.91 Å². The number of hydrogen-bond acceptors (Lipinski definition) is 2. The van der Waals surface area contributed by atoms with Crippen LogP contribution in [0.15, 0.2) is 41.8 Å². The molecule has 0 aromatic carbocycles. The van der Waals surface area contributed by atoms with Crippen molar-refractivity contribution in [3.63, 3.8) is 0 Å². The molecule has 74 valence electrons.